The number of pyridine rings is 1. The molecular formula is C23H25N. The fourth-order valence-electron chi connectivity index (χ4n) is 3.06. The standard InChI is InChI=1S/C23H25N/c1-17-10-11-20(15-21(17)19-8-6-5-7-9-19)22-14-18(12-13-24-22)16-23(2,3)4/h5-15H,16H2,1-4H3. The number of hydrogen-bond acceptors (Lipinski definition) is 1. The van der Waals surface area contributed by atoms with E-state index in [1.54, 1.807) is 0 Å². The Kier molecular flexibility index (Phi) is 4.53. The first-order chi connectivity index (χ1) is 11.4. The molecule has 0 saturated carbocycles. The molecule has 0 bridgehead atoms. The maximum absolute atomic E-state index is 4.60. The van der Waals surface area contributed by atoms with Gasteiger partial charge in [-0.15, -0.1) is 0 Å². The van der Waals surface area contributed by atoms with E-state index in [2.05, 4.69) is 93.3 Å². The van der Waals surface area contributed by atoms with E-state index < -0.39 is 0 Å². The molecule has 1 aromatic heterocycles. The molecule has 0 aliphatic rings. The summed E-state index contributed by atoms with van der Waals surface area (Å²) in [5.41, 5.74) is 7.66. The fourth-order valence-corrected chi connectivity index (χ4v) is 3.06. The quantitative estimate of drug-likeness (QED) is 0.551. The summed E-state index contributed by atoms with van der Waals surface area (Å²) in [6.07, 6.45) is 2.98. The van der Waals surface area contributed by atoms with Gasteiger partial charge in [0.15, 0.2) is 0 Å². The van der Waals surface area contributed by atoms with E-state index >= 15 is 0 Å². The van der Waals surface area contributed by atoms with Gasteiger partial charge < -0.3 is 0 Å². The smallest absolute Gasteiger partial charge is 0.0704 e. The predicted octanol–water partition coefficient (Wildman–Crippen LogP) is 6.31. The highest BCUT2D eigenvalue weighted by atomic mass is 14.7. The highest BCUT2D eigenvalue weighted by molar-refractivity contribution is 5.74. The van der Waals surface area contributed by atoms with Gasteiger partial charge in [0.05, 0.1) is 5.69 Å². The topological polar surface area (TPSA) is 12.9 Å². The Morgan fingerprint density at radius 1 is 0.833 bits per heavy atom. The van der Waals surface area contributed by atoms with E-state index in [4.69, 9.17) is 0 Å². The number of aryl methyl sites for hydroxylation is 1. The van der Waals surface area contributed by atoms with Gasteiger partial charge in [0, 0.05) is 11.8 Å². The Bertz CT molecular complexity index is 826. The average Bonchev–Trinajstić information content (AvgIpc) is 2.55. The van der Waals surface area contributed by atoms with Crippen molar-refractivity contribution in [3.8, 4) is 22.4 Å². The van der Waals surface area contributed by atoms with Crippen LogP contribution in [0.25, 0.3) is 22.4 Å². The number of aromatic nitrogens is 1. The zero-order valence-electron chi connectivity index (χ0n) is 15.0. The average molecular weight is 315 g/mol. The molecule has 0 unspecified atom stereocenters. The van der Waals surface area contributed by atoms with Gasteiger partial charge in [-0.2, -0.15) is 0 Å². The summed E-state index contributed by atoms with van der Waals surface area (Å²) in [6.45, 7) is 8.97. The lowest BCUT2D eigenvalue weighted by molar-refractivity contribution is 0.411. The first kappa shape index (κ1) is 16.4. The summed E-state index contributed by atoms with van der Waals surface area (Å²) in [7, 11) is 0. The Hall–Kier alpha value is -2.41. The Morgan fingerprint density at radius 3 is 2.29 bits per heavy atom. The molecular weight excluding hydrogens is 290 g/mol. The monoisotopic (exact) mass is 315 g/mol. The molecule has 3 aromatic rings. The lowest BCUT2D eigenvalue weighted by atomic mass is 9.88. The van der Waals surface area contributed by atoms with Crippen molar-refractivity contribution in [1.29, 1.82) is 0 Å². The molecule has 0 N–H and O–H groups in total. The van der Waals surface area contributed by atoms with Gasteiger partial charge in [0.2, 0.25) is 0 Å². The van der Waals surface area contributed by atoms with Crippen LogP contribution in [0.2, 0.25) is 0 Å². The van der Waals surface area contributed by atoms with Crippen molar-refractivity contribution in [1.82, 2.24) is 4.98 Å². The van der Waals surface area contributed by atoms with Gasteiger partial charge in [0.1, 0.15) is 0 Å². The van der Waals surface area contributed by atoms with Crippen molar-refractivity contribution in [2.24, 2.45) is 5.41 Å². The molecule has 122 valence electrons. The number of benzene rings is 2. The van der Waals surface area contributed by atoms with E-state index in [1.165, 1.54) is 27.8 Å². The van der Waals surface area contributed by atoms with E-state index in [0.717, 1.165) is 12.1 Å². The molecule has 0 saturated heterocycles. The van der Waals surface area contributed by atoms with Crippen LogP contribution in [-0.4, -0.2) is 4.98 Å². The summed E-state index contributed by atoms with van der Waals surface area (Å²) in [6, 6.07) is 21.5. The van der Waals surface area contributed by atoms with Gasteiger partial charge in [0.25, 0.3) is 0 Å². The second-order valence-corrected chi connectivity index (χ2v) is 7.68. The molecule has 24 heavy (non-hydrogen) atoms. The molecule has 0 amide bonds. The van der Waals surface area contributed by atoms with Crippen molar-refractivity contribution >= 4 is 0 Å². The van der Waals surface area contributed by atoms with Crippen LogP contribution < -0.4 is 0 Å². The molecule has 3 rings (SSSR count). The first-order valence-electron chi connectivity index (χ1n) is 8.54. The van der Waals surface area contributed by atoms with Gasteiger partial charge in [-0.1, -0.05) is 63.2 Å². The van der Waals surface area contributed by atoms with Gasteiger partial charge in [-0.3, -0.25) is 4.98 Å². The van der Waals surface area contributed by atoms with Crippen LogP contribution in [0.5, 0.6) is 0 Å². The SMILES string of the molecule is Cc1ccc(-c2cc(CC(C)(C)C)ccn2)cc1-c1ccccc1. The third-order valence-electron chi connectivity index (χ3n) is 4.18. The van der Waals surface area contributed by atoms with E-state index in [0.29, 0.717) is 0 Å². The summed E-state index contributed by atoms with van der Waals surface area (Å²) < 4.78 is 0. The Balaban J connectivity index is 2.00. The normalized spacial score (nSPS) is 11.5. The molecule has 2 aromatic carbocycles. The fraction of sp³-hybridized carbons (Fsp3) is 0.261. The van der Waals surface area contributed by atoms with Crippen molar-refractivity contribution < 1.29 is 0 Å². The largest absolute Gasteiger partial charge is 0.256 e. The minimum atomic E-state index is 0.279. The molecule has 0 aliphatic heterocycles. The summed E-state index contributed by atoms with van der Waals surface area (Å²) in [5, 5.41) is 0. The summed E-state index contributed by atoms with van der Waals surface area (Å²) in [5.74, 6) is 0. The summed E-state index contributed by atoms with van der Waals surface area (Å²) in [4.78, 5) is 4.60. The third-order valence-corrected chi connectivity index (χ3v) is 4.18. The van der Waals surface area contributed by atoms with Crippen LogP contribution in [0.3, 0.4) is 0 Å². The first-order valence-corrected chi connectivity index (χ1v) is 8.54. The minimum absolute atomic E-state index is 0.279. The molecule has 0 radical (unpaired) electrons. The third kappa shape index (κ3) is 3.91. The second kappa shape index (κ2) is 6.60. The molecule has 0 spiro atoms. The van der Waals surface area contributed by atoms with Gasteiger partial charge in [-0.25, -0.2) is 0 Å². The van der Waals surface area contributed by atoms with Crippen LogP contribution >= 0.6 is 0 Å². The van der Waals surface area contributed by atoms with Gasteiger partial charge in [-0.05, 0) is 59.2 Å². The Labute approximate surface area is 145 Å². The predicted molar refractivity (Wildman–Crippen MR) is 103 cm³/mol. The van der Waals surface area contributed by atoms with E-state index in [-0.39, 0.29) is 5.41 Å². The van der Waals surface area contributed by atoms with Crippen LogP contribution in [0.15, 0.2) is 66.9 Å². The maximum Gasteiger partial charge on any atom is 0.0704 e. The Morgan fingerprint density at radius 2 is 1.58 bits per heavy atom. The molecule has 0 fully saturated rings. The number of nitrogens with zero attached hydrogens (tertiary/aromatic N) is 1. The molecule has 1 heterocycles. The van der Waals surface area contributed by atoms with Crippen LogP contribution in [0, 0.1) is 12.3 Å². The van der Waals surface area contributed by atoms with Crippen molar-refractivity contribution in [2.45, 2.75) is 34.1 Å². The molecule has 1 heteroatoms. The van der Waals surface area contributed by atoms with Crippen molar-refractivity contribution in [3.05, 3.63) is 78.0 Å². The lowest BCUT2D eigenvalue weighted by Gasteiger charge is -2.18. The second-order valence-electron chi connectivity index (χ2n) is 7.68. The van der Waals surface area contributed by atoms with Crippen molar-refractivity contribution in [3.63, 3.8) is 0 Å². The molecule has 1 nitrogen and oxygen atoms in total. The van der Waals surface area contributed by atoms with Crippen molar-refractivity contribution in [2.75, 3.05) is 0 Å². The van der Waals surface area contributed by atoms with E-state index in [9.17, 15) is 0 Å². The van der Waals surface area contributed by atoms with Crippen LogP contribution in [-0.2, 0) is 6.42 Å². The van der Waals surface area contributed by atoms with Crippen LogP contribution in [0.1, 0.15) is 31.9 Å². The number of rotatable bonds is 3. The molecule has 0 atom stereocenters. The summed E-state index contributed by atoms with van der Waals surface area (Å²) >= 11 is 0. The highest BCUT2D eigenvalue weighted by Crippen LogP contribution is 2.29. The number of hydrogen-bond donors (Lipinski definition) is 0. The highest BCUT2D eigenvalue weighted by Gasteiger charge is 2.12. The zero-order chi connectivity index (χ0) is 17.2. The molecule has 0 aliphatic carbocycles. The van der Waals surface area contributed by atoms with E-state index in [1.807, 2.05) is 6.20 Å². The van der Waals surface area contributed by atoms with Gasteiger partial charge >= 0.3 is 0 Å². The van der Waals surface area contributed by atoms with Crippen LogP contribution in [0.4, 0.5) is 0 Å². The maximum atomic E-state index is 4.60. The lowest BCUT2D eigenvalue weighted by Crippen LogP contribution is -2.09. The minimum Gasteiger partial charge on any atom is -0.256 e. The zero-order valence-corrected chi connectivity index (χ0v) is 15.0.